The third-order valence-electron chi connectivity index (χ3n) is 3.39. The summed E-state index contributed by atoms with van der Waals surface area (Å²) in [7, 11) is 4.15. The highest BCUT2D eigenvalue weighted by atomic mass is 15.1. The number of aromatic nitrogens is 2. The van der Waals surface area contributed by atoms with Crippen LogP contribution in [-0.2, 0) is 19.4 Å². The monoisotopic (exact) mass is 207 g/mol. The van der Waals surface area contributed by atoms with E-state index in [1.54, 1.807) is 0 Å². The third kappa shape index (κ3) is 2.23. The molecule has 0 aliphatic heterocycles. The fraction of sp³-hybridized carbons (Fsp3) is 0.750. The Balaban J connectivity index is 2.18. The number of nitrogens with zero attached hydrogens (tertiary/aromatic N) is 2. The first-order chi connectivity index (χ1) is 7.06. The SMILES string of the molecule is CC1Cc2nc(CN(C)C)[nH]c2CC1C. The predicted octanol–water partition coefficient (Wildman–Crippen LogP) is 1.84. The van der Waals surface area contributed by atoms with Crippen molar-refractivity contribution in [3.8, 4) is 0 Å². The average molecular weight is 207 g/mol. The van der Waals surface area contributed by atoms with Gasteiger partial charge in [-0.1, -0.05) is 13.8 Å². The molecule has 1 aliphatic rings. The summed E-state index contributed by atoms with van der Waals surface area (Å²) in [6.45, 7) is 5.57. The summed E-state index contributed by atoms with van der Waals surface area (Å²) in [4.78, 5) is 10.3. The van der Waals surface area contributed by atoms with Gasteiger partial charge in [-0.25, -0.2) is 4.98 Å². The van der Waals surface area contributed by atoms with Crippen molar-refractivity contribution in [2.45, 2.75) is 33.2 Å². The lowest BCUT2D eigenvalue weighted by molar-refractivity contribution is 0.355. The molecule has 1 heterocycles. The minimum absolute atomic E-state index is 0.771. The van der Waals surface area contributed by atoms with Crippen molar-refractivity contribution in [3.63, 3.8) is 0 Å². The average Bonchev–Trinajstić information content (AvgIpc) is 2.46. The molecule has 0 spiro atoms. The Morgan fingerprint density at radius 1 is 1.27 bits per heavy atom. The Bertz CT molecular complexity index is 313. The van der Waals surface area contributed by atoms with Crippen molar-refractivity contribution in [1.29, 1.82) is 0 Å². The van der Waals surface area contributed by atoms with Crippen molar-refractivity contribution in [2.24, 2.45) is 11.8 Å². The van der Waals surface area contributed by atoms with Gasteiger partial charge in [0.05, 0.1) is 12.2 Å². The quantitative estimate of drug-likeness (QED) is 0.802. The number of aromatic amines is 1. The summed E-state index contributed by atoms with van der Waals surface area (Å²) in [5.41, 5.74) is 2.68. The molecule has 0 aromatic carbocycles. The summed E-state index contributed by atoms with van der Waals surface area (Å²) < 4.78 is 0. The van der Waals surface area contributed by atoms with Gasteiger partial charge in [-0.15, -0.1) is 0 Å². The largest absolute Gasteiger partial charge is 0.345 e. The van der Waals surface area contributed by atoms with Crippen molar-refractivity contribution in [1.82, 2.24) is 14.9 Å². The van der Waals surface area contributed by atoms with Crippen LogP contribution in [0.15, 0.2) is 0 Å². The zero-order valence-electron chi connectivity index (χ0n) is 10.2. The van der Waals surface area contributed by atoms with E-state index in [2.05, 4.69) is 42.8 Å². The molecule has 84 valence electrons. The maximum atomic E-state index is 4.68. The van der Waals surface area contributed by atoms with Crippen LogP contribution >= 0.6 is 0 Å². The van der Waals surface area contributed by atoms with E-state index in [0.29, 0.717) is 0 Å². The molecule has 0 saturated heterocycles. The highest BCUT2D eigenvalue weighted by molar-refractivity contribution is 5.19. The minimum atomic E-state index is 0.771. The fourth-order valence-electron chi connectivity index (χ4n) is 2.25. The molecular formula is C12H21N3. The first-order valence-electron chi connectivity index (χ1n) is 5.77. The Morgan fingerprint density at radius 2 is 1.93 bits per heavy atom. The maximum absolute atomic E-state index is 4.68. The highest BCUT2D eigenvalue weighted by Gasteiger charge is 2.24. The molecule has 1 aromatic rings. The number of hydrogen-bond acceptors (Lipinski definition) is 2. The van der Waals surface area contributed by atoms with Gasteiger partial charge in [0.15, 0.2) is 0 Å². The standard InChI is InChI=1S/C12H21N3/c1-8-5-10-11(6-9(8)2)14-12(13-10)7-15(3)4/h8-9H,5-7H2,1-4H3,(H,13,14). The lowest BCUT2D eigenvalue weighted by Gasteiger charge is -2.24. The van der Waals surface area contributed by atoms with Crippen molar-refractivity contribution in [2.75, 3.05) is 14.1 Å². The number of hydrogen-bond donors (Lipinski definition) is 1. The van der Waals surface area contributed by atoms with Crippen LogP contribution in [0.2, 0.25) is 0 Å². The molecule has 3 nitrogen and oxygen atoms in total. The number of nitrogens with one attached hydrogen (secondary N) is 1. The van der Waals surface area contributed by atoms with Gasteiger partial charge in [0.2, 0.25) is 0 Å². The van der Waals surface area contributed by atoms with E-state index in [4.69, 9.17) is 0 Å². The van der Waals surface area contributed by atoms with Gasteiger partial charge in [0.25, 0.3) is 0 Å². The van der Waals surface area contributed by atoms with Crippen LogP contribution in [0.4, 0.5) is 0 Å². The van der Waals surface area contributed by atoms with Gasteiger partial charge in [-0.05, 0) is 38.8 Å². The molecule has 0 fully saturated rings. The number of H-pyrrole nitrogens is 1. The molecule has 2 unspecified atom stereocenters. The second-order valence-corrected chi connectivity index (χ2v) is 5.21. The smallest absolute Gasteiger partial charge is 0.120 e. The normalized spacial score (nSPS) is 25.7. The summed E-state index contributed by atoms with van der Waals surface area (Å²) in [5.74, 6) is 2.67. The summed E-state index contributed by atoms with van der Waals surface area (Å²) in [6.07, 6.45) is 2.30. The number of rotatable bonds is 2. The van der Waals surface area contributed by atoms with Gasteiger partial charge in [0, 0.05) is 5.69 Å². The number of imidazole rings is 1. The molecule has 2 rings (SSSR count). The van der Waals surface area contributed by atoms with Crippen LogP contribution < -0.4 is 0 Å². The summed E-state index contributed by atoms with van der Waals surface area (Å²) in [5, 5.41) is 0. The van der Waals surface area contributed by atoms with E-state index in [1.165, 1.54) is 11.4 Å². The van der Waals surface area contributed by atoms with Crippen LogP contribution in [0.25, 0.3) is 0 Å². The van der Waals surface area contributed by atoms with Gasteiger partial charge >= 0.3 is 0 Å². The maximum Gasteiger partial charge on any atom is 0.120 e. The molecule has 2 atom stereocenters. The minimum Gasteiger partial charge on any atom is -0.345 e. The first-order valence-corrected chi connectivity index (χ1v) is 5.77. The Morgan fingerprint density at radius 3 is 2.60 bits per heavy atom. The van der Waals surface area contributed by atoms with Gasteiger partial charge in [0.1, 0.15) is 5.82 Å². The molecule has 0 saturated carbocycles. The second kappa shape index (κ2) is 3.97. The van der Waals surface area contributed by atoms with Crippen LogP contribution in [0.3, 0.4) is 0 Å². The number of fused-ring (bicyclic) bond motifs is 1. The van der Waals surface area contributed by atoms with E-state index in [-0.39, 0.29) is 0 Å². The van der Waals surface area contributed by atoms with Gasteiger partial charge in [-0.2, -0.15) is 0 Å². The lowest BCUT2D eigenvalue weighted by atomic mass is 9.82. The second-order valence-electron chi connectivity index (χ2n) is 5.21. The topological polar surface area (TPSA) is 31.9 Å². The van der Waals surface area contributed by atoms with Crippen molar-refractivity contribution >= 4 is 0 Å². The molecule has 1 aliphatic carbocycles. The lowest BCUT2D eigenvalue weighted by Crippen LogP contribution is -2.20. The Hall–Kier alpha value is -0.830. The van der Waals surface area contributed by atoms with E-state index in [9.17, 15) is 0 Å². The van der Waals surface area contributed by atoms with E-state index >= 15 is 0 Å². The van der Waals surface area contributed by atoms with Crippen molar-refractivity contribution in [3.05, 3.63) is 17.2 Å². The Labute approximate surface area is 91.9 Å². The first kappa shape index (κ1) is 10.7. The van der Waals surface area contributed by atoms with Crippen molar-refractivity contribution < 1.29 is 0 Å². The zero-order chi connectivity index (χ0) is 11.0. The van der Waals surface area contributed by atoms with Crippen LogP contribution in [-0.4, -0.2) is 29.0 Å². The van der Waals surface area contributed by atoms with E-state index in [1.807, 2.05) is 0 Å². The fourth-order valence-corrected chi connectivity index (χ4v) is 2.25. The van der Waals surface area contributed by atoms with Gasteiger partial charge < -0.3 is 9.88 Å². The zero-order valence-corrected chi connectivity index (χ0v) is 10.2. The third-order valence-corrected chi connectivity index (χ3v) is 3.39. The molecule has 0 bridgehead atoms. The molecule has 3 heteroatoms. The Kier molecular flexibility index (Phi) is 2.83. The van der Waals surface area contributed by atoms with Crippen LogP contribution in [0, 0.1) is 11.8 Å². The summed E-state index contributed by atoms with van der Waals surface area (Å²) in [6, 6.07) is 0. The molecule has 15 heavy (non-hydrogen) atoms. The van der Waals surface area contributed by atoms with E-state index < -0.39 is 0 Å². The molecule has 1 aromatic heterocycles. The predicted molar refractivity (Wildman–Crippen MR) is 61.7 cm³/mol. The van der Waals surface area contributed by atoms with E-state index in [0.717, 1.165) is 37.0 Å². The molecule has 0 amide bonds. The van der Waals surface area contributed by atoms with Gasteiger partial charge in [-0.3, -0.25) is 0 Å². The molecule has 0 radical (unpaired) electrons. The molecular weight excluding hydrogens is 186 g/mol. The van der Waals surface area contributed by atoms with Crippen LogP contribution in [0.1, 0.15) is 31.1 Å². The summed E-state index contributed by atoms with van der Waals surface area (Å²) >= 11 is 0. The highest BCUT2D eigenvalue weighted by Crippen LogP contribution is 2.28. The van der Waals surface area contributed by atoms with Crippen LogP contribution in [0.5, 0.6) is 0 Å². The molecule has 1 N–H and O–H groups in total.